The Labute approximate surface area is 327 Å². The minimum atomic E-state index is -1.24. The number of hydrogen-bond acceptors (Lipinski definition) is 11. The number of hydrogen-bond donors (Lipinski definition) is 2. The summed E-state index contributed by atoms with van der Waals surface area (Å²) in [5, 5.41) is 16.2. The summed E-state index contributed by atoms with van der Waals surface area (Å²) in [4.78, 5) is 45.0. The van der Waals surface area contributed by atoms with Crippen molar-refractivity contribution >= 4 is 24.1 Å². The minimum Gasteiger partial charge on any atom is -0.870 e. The Hall–Kier alpha value is -4.57. The third kappa shape index (κ3) is 15.8. The Balaban J connectivity index is 0.000000946. The van der Waals surface area contributed by atoms with Gasteiger partial charge >= 0.3 is 55.9 Å². The van der Waals surface area contributed by atoms with E-state index in [2.05, 4.69) is 20.1 Å². The van der Waals surface area contributed by atoms with E-state index in [4.69, 9.17) is 14.2 Å². The average Bonchev–Trinajstić information content (AvgIpc) is 3.15. The molecule has 2 amide bonds. The van der Waals surface area contributed by atoms with Crippen molar-refractivity contribution in [3.05, 3.63) is 143 Å². The zero-order valence-electron chi connectivity index (χ0n) is 29.9. The van der Waals surface area contributed by atoms with Gasteiger partial charge in [0.05, 0.1) is 46.1 Å². The van der Waals surface area contributed by atoms with Crippen molar-refractivity contribution in [2.75, 3.05) is 47.6 Å². The van der Waals surface area contributed by atoms with E-state index in [0.29, 0.717) is 17.7 Å². The van der Waals surface area contributed by atoms with Crippen LogP contribution in [0, 0.1) is 0 Å². The Morgan fingerprint density at radius 3 is 1.33 bits per heavy atom. The molecule has 13 nitrogen and oxygen atoms in total. The Morgan fingerprint density at radius 2 is 0.942 bits per heavy atom. The van der Waals surface area contributed by atoms with Crippen molar-refractivity contribution in [1.82, 2.24) is 10.6 Å². The number of amides is 2. The Kier molecular flexibility index (Phi) is 23.9. The van der Waals surface area contributed by atoms with Crippen molar-refractivity contribution in [2.24, 2.45) is 0 Å². The molecule has 0 radical (unpaired) electrons. The van der Waals surface area contributed by atoms with Crippen molar-refractivity contribution < 1.29 is 91.2 Å². The first kappa shape index (κ1) is 47.4. The zero-order valence-corrected chi connectivity index (χ0v) is 29.9. The number of carboxylic acid groups (broad SMARTS) is 1. The van der Waals surface area contributed by atoms with Crippen LogP contribution in [0.2, 0.25) is 0 Å². The molecule has 4 aromatic carbocycles. The van der Waals surface area contributed by atoms with E-state index in [9.17, 15) is 24.3 Å². The molecule has 4 rings (SSSR count). The number of aromatic carboxylic acids is 1. The van der Waals surface area contributed by atoms with Crippen molar-refractivity contribution in [3.8, 4) is 0 Å². The number of carboxylic acids is 1. The molecule has 0 saturated carbocycles. The van der Waals surface area contributed by atoms with Gasteiger partial charge in [-0.15, -0.1) is 0 Å². The van der Waals surface area contributed by atoms with Gasteiger partial charge in [0.2, 0.25) is 0 Å². The first-order chi connectivity index (χ1) is 23.8. The molecule has 0 aliphatic rings. The largest absolute Gasteiger partial charge is 1.00 e. The first-order valence-corrected chi connectivity index (χ1v) is 15.2. The molecule has 0 saturated heterocycles. The van der Waals surface area contributed by atoms with E-state index in [0.717, 1.165) is 16.7 Å². The van der Waals surface area contributed by atoms with Crippen LogP contribution in [0.5, 0.6) is 0 Å². The topological polar surface area (TPSA) is 192 Å². The van der Waals surface area contributed by atoms with Gasteiger partial charge in [0.25, 0.3) is 0 Å². The number of rotatable bonds is 14. The van der Waals surface area contributed by atoms with Gasteiger partial charge in [-0.05, 0) is 46.0 Å². The molecule has 3 N–H and O–H groups in total. The average molecular weight is 703 g/mol. The van der Waals surface area contributed by atoms with Gasteiger partial charge in [-0.3, -0.25) is 0 Å². The van der Waals surface area contributed by atoms with Gasteiger partial charge in [-0.1, -0.05) is 91.0 Å². The second-order valence-electron chi connectivity index (χ2n) is 10.2. The van der Waals surface area contributed by atoms with Gasteiger partial charge in [-0.25, -0.2) is 14.4 Å². The number of carbonyl (C=O) groups is 4. The summed E-state index contributed by atoms with van der Waals surface area (Å²) < 4.78 is 25.6. The smallest absolute Gasteiger partial charge is 0.870 e. The van der Waals surface area contributed by atoms with E-state index in [-0.39, 0.29) is 74.6 Å². The first-order valence-electron chi connectivity index (χ1n) is 15.2. The molecule has 4 aromatic rings. The fourth-order valence-electron chi connectivity index (χ4n) is 4.60. The summed E-state index contributed by atoms with van der Waals surface area (Å²) in [6.45, 7) is 1.12. The molecule has 52 heavy (non-hydrogen) atoms. The second kappa shape index (κ2) is 26.2. The molecule has 0 bridgehead atoms. The van der Waals surface area contributed by atoms with Crippen molar-refractivity contribution in [3.63, 3.8) is 0 Å². The maximum Gasteiger partial charge on any atom is 1.00 e. The predicted molar refractivity (Wildman–Crippen MR) is 180 cm³/mol. The number of methoxy groups -OCH3 is 3. The van der Waals surface area contributed by atoms with Gasteiger partial charge in [-0.2, -0.15) is 0 Å². The molecule has 2 atom stereocenters. The molecule has 266 valence electrons. The number of carbonyl (C=O) groups excluding carboxylic acids is 4. The van der Waals surface area contributed by atoms with Crippen LogP contribution in [0.3, 0.4) is 0 Å². The molecule has 15 heteroatoms. The molecule has 0 spiro atoms. The van der Waals surface area contributed by atoms with Crippen LogP contribution >= 0.6 is 0 Å². The quantitative estimate of drug-likeness (QED) is 0.0658. The Bertz CT molecular complexity index is 1650. The molecule has 0 fully saturated rings. The van der Waals surface area contributed by atoms with Crippen LogP contribution in [0.1, 0.15) is 55.2 Å². The fourth-order valence-corrected chi connectivity index (χ4v) is 4.60. The summed E-state index contributed by atoms with van der Waals surface area (Å²) >= 11 is 0. The van der Waals surface area contributed by atoms with Gasteiger partial charge in [0.15, 0.2) is 0 Å². The third-order valence-corrected chi connectivity index (χ3v) is 6.92. The van der Waals surface area contributed by atoms with E-state index >= 15 is 0 Å². The molecule has 0 aliphatic heterocycles. The van der Waals surface area contributed by atoms with Crippen LogP contribution in [0.4, 0.5) is 9.59 Å². The second-order valence-corrected chi connectivity index (χ2v) is 10.2. The number of ether oxygens (including phenoxy) is 5. The van der Waals surface area contributed by atoms with Gasteiger partial charge in [0, 0.05) is 13.1 Å². The summed E-state index contributed by atoms with van der Waals surface area (Å²) in [5.41, 5.74) is 3.89. The zero-order chi connectivity index (χ0) is 35.4. The van der Waals surface area contributed by atoms with E-state index in [1.807, 2.05) is 66.7 Å². The van der Waals surface area contributed by atoms with E-state index < -0.39 is 30.2 Å². The minimum absolute atomic E-state index is 0. The Morgan fingerprint density at radius 1 is 0.558 bits per heavy atom. The van der Waals surface area contributed by atoms with Crippen LogP contribution < -0.4 is 53.5 Å². The number of benzene rings is 4. The summed E-state index contributed by atoms with van der Waals surface area (Å²) in [7, 11) is 3.94. The molecule has 0 aromatic heterocycles. The molecular formula is C37H40Li2N2O11. The maximum absolute atomic E-state index is 11.8. The number of alkyl carbamates (subject to hydrolysis) is 2. The van der Waals surface area contributed by atoms with Crippen molar-refractivity contribution in [1.29, 1.82) is 0 Å². The van der Waals surface area contributed by atoms with Crippen LogP contribution in [-0.4, -0.2) is 77.2 Å². The third-order valence-electron chi connectivity index (χ3n) is 6.92. The molecule has 2 unspecified atom stereocenters. The normalized spacial score (nSPS) is 10.8. The summed E-state index contributed by atoms with van der Waals surface area (Å²) in [6, 6.07) is 32.6. The van der Waals surface area contributed by atoms with Gasteiger partial charge in [0.1, 0.15) is 12.2 Å². The van der Waals surface area contributed by atoms with Crippen LogP contribution in [0.15, 0.2) is 109 Å². The van der Waals surface area contributed by atoms with Crippen LogP contribution in [0.25, 0.3) is 0 Å². The summed E-state index contributed by atoms with van der Waals surface area (Å²) in [6.07, 6.45) is -1.86. The molecule has 0 aliphatic carbocycles. The SMILES string of the molecule is COC(=O)NCCOC(c1ccccc1)c1cccc(C(=O)OC)c1.COC(=O)NCCOC(c1ccccc1)c1cccc(C(=O)[O-])c1.[Li+].[Li+].[OH-]. The monoisotopic (exact) mass is 702 g/mol. The fraction of sp³-hybridized carbons (Fsp3) is 0.243. The summed E-state index contributed by atoms with van der Waals surface area (Å²) in [5.74, 6) is -1.64. The van der Waals surface area contributed by atoms with E-state index in [1.165, 1.54) is 33.5 Å². The van der Waals surface area contributed by atoms with Crippen molar-refractivity contribution in [2.45, 2.75) is 12.2 Å². The number of nitrogens with one attached hydrogen (secondary N) is 2. The molecule has 0 heterocycles. The van der Waals surface area contributed by atoms with Gasteiger partial charge < -0.3 is 49.7 Å². The standard InChI is InChI=1S/C19H21NO5.C18H19NO5.2Li.H2O/c1-23-18(21)16-10-6-9-15(13-16)17(14-7-4-3-5-8-14)25-12-11-20-19(22)24-2;1-23-18(22)19-10-11-24-16(13-6-3-2-4-7-13)14-8-5-9-15(12-14)17(20)21;;;/h3-10,13,17H,11-12H2,1-2H3,(H,20,22);2-9,12,16H,10-11H2,1H3,(H,19,22)(H,20,21);;;1H2/q;;2*+1;/p-2. The maximum atomic E-state index is 11.8. The van der Waals surface area contributed by atoms with Crippen LogP contribution in [-0.2, 0) is 23.7 Å². The molecular weight excluding hydrogens is 662 g/mol. The van der Waals surface area contributed by atoms with E-state index in [1.54, 1.807) is 30.3 Å². The predicted octanol–water partition coefficient (Wildman–Crippen LogP) is -1.72. The number of esters is 1.